The van der Waals surface area contributed by atoms with Gasteiger partial charge in [-0.1, -0.05) is 11.8 Å². The second-order valence-corrected chi connectivity index (χ2v) is 4.04. The molecule has 2 aromatic rings. The average molecular weight is 251 g/mol. The van der Waals surface area contributed by atoms with Crippen molar-refractivity contribution in [2.75, 3.05) is 17.0 Å². The Kier molecular flexibility index (Phi) is 3.45. The quantitative estimate of drug-likeness (QED) is 0.322. The molecule has 0 unspecified atom stereocenters. The summed E-state index contributed by atoms with van der Waals surface area (Å²) in [5.74, 6) is 7.27. The monoisotopic (exact) mass is 251 g/mol. The van der Waals surface area contributed by atoms with E-state index in [4.69, 9.17) is 5.84 Å². The first-order chi connectivity index (χ1) is 8.21. The lowest BCUT2D eigenvalue weighted by atomic mass is 10.5. The van der Waals surface area contributed by atoms with Gasteiger partial charge >= 0.3 is 0 Å². The van der Waals surface area contributed by atoms with E-state index < -0.39 is 0 Å². The minimum Gasteiger partial charge on any atom is -0.323 e. The van der Waals surface area contributed by atoms with Crippen LogP contribution < -0.4 is 16.6 Å². The van der Waals surface area contributed by atoms with Gasteiger partial charge in [-0.3, -0.25) is 4.68 Å². The Morgan fingerprint density at radius 1 is 1.29 bits per heavy atom. The van der Waals surface area contributed by atoms with E-state index in [-0.39, 0.29) is 0 Å². The van der Waals surface area contributed by atoms with Gasteiger partial charge in [-0.2, -0.15) is 5.10 Å². The molecule has 0 atom stereocenters. The molecule has 0 spiro atoms. The van der Waals surface area contributed by atoms with Crippen LogP contribution in [0.15, 0.2) is 23.5 Å². The molecule has 2 heterocycles. The lowest BCUT2D eigenvalue weighted by Gasteiger charge is -2.06. The number of hydrogen-bond acceptors (Lipinski definition) is 7. The zero-order valence-corrected chi connectivity index (χ0v) is 10.3. The van der Waals surface area contributed by atoms with Crippen molar-refractivity contribution >= 4 is 29.2 Å². The van der Waals surface area contributed by atoms with Crippen molar-refractivity contribution in [3.05, 3.63) is 18.3 Å². The van der Waals surface area contributed by atoms with Gasteiger partial charge in [-0.25, -0.2) is 15.8 Å². The molecule has 8 heteroatoms. The standard InChI is InChI=1S/C9H13N7S/c1-16-4-3-6(15-16)11-7-5-8(14-10)13-9(12-7)17-2/h3-5H,10H2,1-2H3,(H2,11,12,13,14,15). The van der Waals surface area contributed by atoms with Crippen LogP contribution in [0.2, 0.25) is 0 Å². The maximum Gasteiger partial charge on any atom is 0.191 e. The molecule has 17 heavy (non-hydrogen) atoms. The first-order valence-electron chi connectivity index (χ1n) is 4.87. The smallest absolute Gasteiger partial charge is 0.191 e. The van der Waals surface area contributed by atoms with Crippen LogP contribution in [-0.4, -0.2) is 26.0 Å². The highest BCUT2D eigenvalue weighted by Crippen LogP contribution is 2.19. The SMILES string of the molecule is CSc1nc(NN)cc(Nc2ccn(C)n2)n1. The molecule has 0 aliphatic carbocycles. The molecule has 0 fully saturated rings. The number of nitrogens with one attached hydrogen (secondary N) is 2. The number of nitrogens with two attached hydrogens (primary N) is 1. The molecule has 0 aliphatic rings. The Bertz CT molecular complexity index is 488. The zero-order chi connectivity index (χ0) is 12.3. The van der Waals surface area contributed by atoms with Crippen LogP contribution in [-0.2, 0) is 7.05 Å². The second kappa shape index (κ2) is 5.02. The predicted molar refractivity (Wildman–Crippen MR) is 68.1 cm³/mol. The van der Waals surface area contributed by atoms with E-state index in [0.717, 1.165) is 5.82 Å². The summed E-state index contributed by atoms with van der Waals surface area (Å²) < 4.78 is 1.71. The third-order valence-electron chi connectivity index (χ3n) is 2.01. The summed E-state index contributed by atoms with van der Waals surface area (Å²) in [6.07, 6.45) is 3.75. The number of rotatable bonds is 4. The van der Waals surface area contributed by atoms with Crippen LogP contribution in [0.4, 0.5) is 17.5 Å². The Morgan fingerprint density at radius 3 is 2.65 bits per heavy atom. The Balaban J connectivity index is 2.25. The van der Waals surface area contributed by atoms with Crippen molar-refractivity contribution in [3.63, 3.8) is 0 Å². The molecule has 4 N–H and O–H groups in total. The van der Waals surface area contributed by atoms with Gasteiger partial charge in [0.1, 0.15) is 11.6 Å². The topological polar surface area (TPSA) is 93.7 Å². The van der Waals surface area contributed by atoms with Gasteiger partial charge in [0.15, 0.2) is 11.0 Å². The number of thioether (sulfide) groups is 1. The minimum atomic E-state index is 0.558. The molecule has 90 valence electrons. The molecular weight excluding hydrogens is 238 g/mol. The van der Waals surface area contributed by atoms with E-state index in [1.807, 2.05) is 25.6 Å². The van der Waals surface area contributed by atoms with Crippen molar-refractivity contribution in [3.8, 4) is 0 Å². The fourth-order valence-corrected chi connectivity index (χ4v) is 1.65. The van der Waals surface area contributed by atoms with Gasteiger partial charge in [0.2, 0.25) is 0 Å². The highest BCUT2D eigenvalue weighted by Gasteiger charge is 2.04. The third-order valence-corrected chi connectivity index (χ3v) is 2.55. The van der Waals surface area contributed by atoms with E-state index in [1.165, 1.54) is 11.8 Å². The maximum atomic E-state index is 5.34. The lowest BCUT2D eigenvalue weighted by Crippen LogP contribution is -2.10. The maximum absolute atomic E-state index is 5.34. The molecule has 0 saturated heterocycles. The Hall–Kier alpha value is -1.80. The molecule has 0 radical (unpaired) electrons. The second-order valence-electron chi connectivity index (χ2n) is 3.27. The molecular formula is C9H13N7S. The van der Waals surface area contributed by atoms with E-state index in [9.17, 15) is 0 Å². The highest BCUT2D eigenvalue weighted by molar-refractivity contribution is 7.98. The minimum absolute atomic E-state index is 0.558. The predicted octanol–water partition coefficient (Wildman–Crippen LogP) is 0.961. The van der Waals surface area contributed by atoms with Gasteiger partial charge in [-0.15, -0.1) is 0 Å². The van der Waals surface area contributed by atoms with Crippen molar-refractivity contribution in [1.29, 1.82) is 0 Å². The largest absolute Gasteiger partial charge is 0.323 e. The Labute approximate surface area is 103 Å². The van der Waals surface area contributed by atoms with E-state index in [0.29, 0.717) is 16.8 Å². The Morgan fingerprint density at radius 2 is 2.06 bits per heavy atom. The number of nitrogen functional groups attached to an aromatic ring is 1. The van der Waals surface area contributed by atoms with Crippen molar-refractivity contribution < 1.29 is 0 Å². The van der Waals surface area contributed by atoms with Gasteiger partial charge in [0, 0.05) is 25.4 Å². The normalized spacial score (nSPS) is 10.3. The van der Waals surface area contributed by atoms with Gasteiger partial charge in [0.05, 0.1) is 0 Å². The number of anilines is 3. The van der Waals surface area contributed by atoms with E-state index in [2.05, 4.69) is 25.8 Å². The van der Waals surface area contributed by atoms with Crippen LogP contribution in [0.5, 0.6) is 0 Å². The average Bonchev–Trinajstić information content (AvgIpc) is 2.74. The van der Waals surface area contributed by atoms with Crippen LogP contribution >= 0.6 is 11.8 Å². The van der Waals surface area contributed by atoms with Gasteiger partial charge in [0.25, 0.3) is 0 Å². The lowest BCUT2D eigenvalue weighted by molar-refractivity contribution is 0.771. The third kappa shape index (κ3) is 2.86. The summed E-state index contributed by atoms with van der Waals surface area (Å²) in [6, 6.07) is 3.57. The van der Waals surface area contributed by atoms with Crippen molar-refractivity contribution in [2.24, 2.45) is 12.9 Å². The van der Waals surface area contributed by atoms with Gasteiger partial charge in [-0.05, 0) is 6.26 Å². The summed E-state index contributed by atoms with van der Waals surface area (Å²) in [7, 11) is 1.85. The van der Waals surface area contributed by atoms with E-state index >= 15 is 0 Å². The molecule has 7 nitrogen and oxygen atoms in total. The molecule has 2 rings (SSSR count). The first kappa shape index (κ1) is 11.7. The summed E-state index contributed by atoms with van der Waals surface area (Å²) in [5, 5.41) is 7.92. The van der Waals surface area contributed by atoms with Crippen LogP contribution in [0, 0.1) is 0 Å². The summed E-state index contributed by atoms with van der Waals surface area (Å²) in [5.41, 5.74) is 2.50. The molecule has 2 aromatic heterocycles. The number of aromatic nitrogens is 4. The molecule has 0 aliphatic heterocycles. The number of nitrogens with zero attached hydrogens (tertiary/aromatic N) is 4. The summed E-state index contributed by atoms with van der Waals surface area (Å²) in [4.78, 5) is 8.47. The highest BCUT2D eigenvalue weighted by atomic mass is 32.2. The zero-order valence-electron chi connectivity index (χ0n) is 9.51. The number of hydrazine groups is 1. The molecule has 0 aromatic carbocycles. The summed E-state index contributed by atoms with van der Waals surface area (Å²) in [6.45, 7) is 0. The fourth-order valence-electron chi connectivity index (χ4n) is 1.27. The molecule has 0 saturated carbocycles. The van der Waals surface area contributed by atoms with Crippen molar-refractivity contribution in [2.45, 2.75) is 5.16 Å². The van der Waals surface area contributed by atoms with Gasteiger partial charge < -0.3 is 10.7 Å². The molecule has 0 bridgehead atoms. The first-order valence-corrected chi connectivity index (χ1v) is 6.10. The van der Waals surface area contributed by atoms with Crippen LogP contribution in [0.25, 0.3) is 0 Å². The number of aryl methyl sites for hydroxylation is 1. The van der Waals surface area contributed by atoms with Crippen LogP contribution in [0.1, 0.15) is 0 Å². The summed E-state index contributed by atoms with van der Waals surface area (Å²) >= 11 is 1.44. The van der Waals surface area contributed by atoms with Crippen molar-refractivity contribution in [1.82, 2.24) is 19.7 Å². The van der Waals surface area contributed by atoms with E-state index in [1.54, 1.807) is 10.7 Å². The van der Waals surface area contributed by atoms with Crippen LogP contribution in [0.3, 0.4) is 0 Å². The number of hydrogen-bond donors (Lipinski definition) is 3. The molecule has 0 amide bonds. The fraction of sp³-hybridized carbons (Fsp3) is 0.222.